The molecule has 1 heteroatoms. The molecule has 1 fully saturated rings. The molecular formula is C20H31N. The summed E-state index contributed by atoms with van der Waals surface area (Å²) in [5.41, 5.74) is 3.20. The Morgan fingerprint density at radius 1 is 1.00 bits per heavy atom. The number of benzene rings is 1. The SMILES string of the molecule is CCC1CCC(C(NC)C2CCc3ccccc3C2)CC1. The average molecular weight is 285 g/mol. The van der Waals surface area contributed by atoms with Crippen LogP contribution in [0.3, 0.4) is 0 Å². The fourth-order valence-corrected chi connectivity index (χ4v) is 4.84. The van der Waals surface area contributed by atoms with Gasteiger partial charge in [0.25, 0.3) is 0 Å². The van der Waals surface area contributed by atoms with Gasteiger partial charge in [0.1, 0.15) is 0 Å². The van der Waals surface area contributed by atoms with E-state index >= 15 is 0 Å². The first-order valence-electron chi connectivity index (χ1n) is 9.05. The molecule has 1 aromatic carbocycles. The number of fused-ring (bicyclic) bond motifs is 1. The summed E-state index contributed by atoms with van der Waals surface area (Å²) < 4.78 is 0. The number of hydrogen-bond donors (Lipinski definition) is 1. The number of aryl methyl sites for hydroxylation is 1. The first-order chi connectivity index (χ1) is 10.3. The Balaban J connectivity index is 1.65. The Morgan fingerprint density at radius 2 is 1.71 bits per heavy atom. The predicted molar refractivity (Wildman–Crippen MR) is 90.5 cm³/mol. The molecule has 1 aromatic rings. The van der Waals surface area contributed by atoms with E-state index in [9.17, 15) is 0 Å². The lowest BCUT2D eigenvalue weighted by molar-refractivity contribution is 0.172. The van der Waals surface area contributed by atoms with Crippen LogP contribution in [0.15, 0.2) is 24.3 Å². The molecule has 0 saturated heterocycles. The van der Waals surface area contributed by atoms with Gasteiger partial charge in [0, 0.05) is 6.04 Å². The summed E-state index contributed by atoms with van der Waals surface area (Å²) >= 11 is 0. The summed E-state index contributed by atoms with van der Waals surface area (Å²) in [5.74, 6) is 2.76. The summed E-state index contributed by atoms with van der Waals surface area (Å²) in [6.45, 7) is 2.36. The van der Waals surface area contributed by atoms with Crippen LogP contribution in [-0.2, 0) is 12.8 Å². The van der Waals surface area contributed by atoms with Crippen LogP contribution in [-0.4, -0.2) is 13.1 Å². The Morgan fingerprint density at radius 3 is 2.38 bits per heavy atom. The van der Waals surface area contributed by atoms with Crippen LogP contribution in [0.2, 0.25) is 0 Å². The maximum atomic E-state index is 3.71. The Bertz CT molecular complexity index is 445. The highest BCUT2D eigenvalue weighted by atomic mass is 14.9. The molecule has 1 nitrogen and oxygen atoms in total. The molecule has 2 atom stereocenters. The standard InChI is InChI=1S/C20H31N/c1-3-15-8-10-17(11-9-15)20(21-2)19-13-12-16-6-4-5-7-18(16)14-19/h4-7,15,17,19-21H,3,8-14H2,1-2H3. The summed E-state index contributed by atoms with van der Waals surface area (Å²) in [7, 11) is 2.19. The van der Waals surface area contributed by atoms with Crippen LogP contribution < -0.4 is 5.32 Å². The van der Waals surface area contributed by atoms with Crippen LogP contribution in [0.1, 0.15) is 56.6 Å². The molecule has 0 aliphatic heterocycles. The van der Waals surface area contributed by atoms with Gasteiger partial charge < -0.3 is 5.32 Å². The van der Waals surface area contributed by atoms with Gasteiger partial charge in [-0.05, 0) is 68.0 Å². The minimum Gasteiger partial charge on any atom is -0.316 e. The van der Waals surface area contributed by atoms with Crippen molar-refractivity contribution in [3.8, 4) is 0 Å². The highest BCUT2D eigenvalue weighted by Gasteiger charge is 2.33. The highest BCUT2D eigenvalue weighted by molar-refractivity contribution is 5.30. The molecule has 0 aromatic heterocycles. The fraction of sp³-hybridized carbons (Fsp3) is 0.700. The van der Waals surface area contributed by atoms with Crippen molar-refractivity contribution < 1.29 is 0 Å². The van der Waals surface area contributed by atoms with Crippen LogP contribution in [0.25, 0.3) is 0 Å². The quantitative estimate of drug-likeness (QED) is 0.853. The molecule has 0 heterocycles. The van der Waals surface area contributed by atoms with Crippen molar-refractivity contribution in [3.63, 3.8) is 0 Å². The zero-order chi connectivity index (χ0) is 14.7. The van der Waals surface area contributed by atoms with E-state index in [4.69, 9.17) is 0 Å². The molecule has 116 valence electrons. The van der Waals surface area contributed by atoms with E-state index in [1.54, 1.807) is 11.1 Å². The lowest BCUT2D eigenvalue weighted by atomic mass is 9.70. The second-order valence-electron chi connectivity index (χ2n) is 7.28. The van der Waals surface area contributed by atoms with Gasteiger partial charge in [0.05, 0.1) is 0 Å². The summed E-state index contributed by atoms with van der Waals surface area (Å²) in [4.78, 5) is 0. The third kappa shape index (κ3) is 3.34. The largest absolute Gasteiger partial charge is 0.316 e. The van der Waals surface area contributed by atoms with Gasteiger partial charge in [-0.1, -0.05) is 50.5 Å². The van der Waals surface area contributed by atoms with Gasteiger partial charge in [-0.15, -0.1) is 0 Å². The topological polar surface area (TPSA) is 12.0 Å². The van der Waals surface area contributed by atoms with Gasteiger partial charge in [-0.3, -0.25) is 0 Å². The van der Waals surface area contributed by atoms with Crippen LogP contribution in [0, 0.1) is 17.8 Å². The van der Waals surface area contributed by atoms with E-state index in [1.165, 1.54) is 51.4 Å². The van der Waals surface area contributed by atoms with Crippen molar-refractivity contribution in [1.29, 1.82) is 0 Å². The smallest absolute Gasteiger partial charge is 0.0124 e. The van der Waals surface area contributed by atoms with Crippen molar-refractivity contribution in [2.45, 2.75) is 64.3 Å². The zero-order valence-corrected chi connectivity index (χ0v) is 13.8. The fourth-order valence-electron chi connectivity index (χ4n) is 4.84. The third-order valence-electron chi connectivity index (χ3n) is 6.20. The van der Waals surface area contributed by atoms with Crippen molar-refractivity contribution >= 4 is 0 Å². The second kappa shape index (κ2) is 6.96. The van der Waals surface area contributed by atoms with Gasteiger partial charge in [-0.25, -0.2) is 0 Å². The summed E-state index contributed by atoms with van der Waals surface area (Å²) in [5, 5.41) is 3.71. The molecule has 0 bridgehead atoms. The molecule has 3 rings (SSSR count). The van der Waals surface area contributed by atoms with Crippen molar-refractivity contribution in [2.24, 2.45) is 17.8 Å². The molecule has 0 radical (unpaired) electrons. The molecule has 0 amide bonds. The van der Waals surface area contributed by atoms with E-state index in [0.717, 1.165) is 23.8 Å². The lowest BCUT2D eigenvalue weighted by Crippen LogP contribution is -2.43. The average Bonchev–Trinajstić information content (AvgIpc) is 2.56. The molecule has 2 unspecified atom stereocenters. The van der Waals surface area contributed by atoms with Crippen LogP contribution in [0.5, 0.6) is 0 Å². The van der Waals surface area contributed by atoms with Gasteiger partial charge in [0.2, 0.25) is 0 Å². The van der Waals surface area contributed by atoms with E-state index < -0.39 is 0 Å². The van der Waals surface area contributed by atoms with Crippen molar-refractivity contribution in [2.75, 3.05) is 7.05 Å². The van der Waals surface area contributed by atoms with Gasteiger partial charge in [0.15, 0.2) is 0 Å². The number of nitrogens with one attached hydrogen (secondary N) is 1. The van der Waals surface area contributed by atoms with Crippen LogP contribution >= 0.6 is 0 Å². The second-order valence-corrected chi connectivity index (χ2v) is 7.28. The highest BCUT2D eigenvalue weighted by Crippen LogP contribution is 2.37. The van der Waals surface area contributed by atoms with E-state index in [2.05, 4.69) is 43.6 Å². The zero-order valence-electron chi connectivity index (χ0n) is 13.8. The lowest BCUT2D eigenvalue weighted by Gasteiger charge is -2.39. The maximum absolute atomic E-state index is 3.71. The molecule has 1 N–H and O–H groups in total. The van der Waals surface area contributed by atoms with Crippen LogP contribution in [0.4, 0.5) is 0 Å². The Kier molecular flexibility index (Phi) is 5.00. The first kappa shape index (κ1) is 15.1. The molecular weight excluding hydrogens is 254 g/mol. The number of rotatable bonds is 4. The molecule has 2 aliphatic carbocycles. The predicted octanol–water partition coefficient (Wildman–Crippen LogP) is 4.60. The monoisotopic (exact) mass is 285 g/mol. The minimum absolute atomic E-state index is 0.733. The van der Waals surface area contributed by atoms with Gasteiger partial charge >= 0.3 is 0 Å². The molecule has 2 aliphatic rings. The van der Waals surface area contributed by atoms with Crippen molar-refractivity contribution in [1.82, 2.24) is 5.32 Å². The number of hydrogen-bond acceptors (Lipinski definition) is 1. The van der Waals surface area contributed by atoms with E-state index in [-0.39, 0.29) is 0 Å². The normalized spacial score (nSPS) is 30.7. The summed E-state index contributed by atoms with van der Waals surface area (Å²) in [6, 6.07) is 9.81. The first-order valence-corrected chi connectivity index (χ1v) is 9.05. The Hall–Kier alpha value is -0.820. The van der Waals surface area contributed by atoms with Crippen molar-refractivity contribution in [3.05, 3.63) is 35.4 Å². The van der Waals surface area contributed by atoms with E-state index in [1.807, 2.05) is 0 Å². The summed E-state index contributed by atoms with van der Waals surface area (Å²) in [6.07, 6.45) is 11.1. The molecule has 1 saturated carbocycles. The molecule has 21 heavy (non-hydrogen) atoms. The van der Waals surface area contributed by atoms with E-state index in [0.29, 0.717) is 0 Å². The molecule has 0 spiro atoms. The maximum Gasteiger partial charge on any atom is 0.0124 e. The minimum atomic E-state index is 0.733. The Labute approximate surface area is 130 Å². The third-order valence-corrected chi connectivity index (χ3v) is 6.20. The van der Waals surface area contributed by atoms with Gasteiger partial charge in [-0.2, -0.15) is 0 Å².